The summed E-state index contributed by atoms with van der Waals surface area (Å²) in [6.45, 7) is 7.41. The summed E-state index contributed by atoms with van der Waals surface area (Å²) >= 11 is 0. The van der Waals surface area contributed by atoms with Crippen LogP contribution in [0.5, 0.6) is 0 Å². The Bertz CT molecular complexity index is 1390. The number of rotatable bonds is 9. The maximum Gasteiger partial charge on any atom is 0.257 e. The summed E-state index contributed by atoms with van der Waals surface area (Å²) in [7, 11) is 0. The van der Waals surface area contributed by atoms with Crippen LogP contribution in [-0.2, 0) is 13.0 Å². The number of hydrogen-bond donors (Lipinski definition) is 1. The van der Waals surface area contributed by atoms with Gasteiger partial charge in [0.05, 0.1) is 22.6 Å². The van der Waals surface area contributed by atoms with Gasteiger partial charge in [-0.25, -0.2) is 13.8 Å². The van der Waals surface area contributed by atoms with E-state index in [-0.39, 0.29) is 11.5 Å². The zero-order valence-corrected chi connectivity index (χ0v) is 22.7. The van der Waals surface area contributed by atoms with Crippen LogP contribution in [0.4, 0.5) is 8.78 Å². The van der Waals surface area contributed by atoms with E-state index in [4.69, 9.17) is 4.98 Å². The van der Waals surface area contributed by atoms with Crippen LogP contribution in [0.2, 0.25) is 0 Å². The van der Waals surface area contributed by atoms with Gasteiger partial charge in [0, 0.05) is 19.5 Å². The monoisotopic (exact) mass is 530 g/mol. The summed E-state index contributed by atoms with van der Waals surface area (Å²) in [4.78, 5) is 26.4. The van der Waals surface area contributed by atoms with Gasteiger partial charge in [-0.05, 0) is 67.2 Å². The van der Waals surface area contributed by atoms with Crippen molar-refractivity contribution >= 4 is 16.9 Å². The Kier molecular flexibility index (Phi) is 8.36. The smallest absolute Gasteiger partial charge is 0.257 e. The predicted molar refractivity (Wildman–Crippen MR) is 150 cm³/mol. The maximum absolute atomic E-state index is 14.9. The van der Waals surface area contributed by atoms with Gasteiger partial charge in [0.15, 0.2) is 11.6 Å². The van der Waals surface area contributed by atoms with Gasteiger partial charge < -0.3 is 9.88 Å². The molecule has 39 heavy (non-hydrogen) atoms. The van der Waals surface area contributed by atoms with Crippen LogP contribution >= 0.6 is 0 Å². The van der Waals surface area contributed by atoms with E-state index in [2.05, 4.69) is 28.1 Å². The SMILES string of the molecule is CC(C)CN(C(=O)c1cccc(F)c1F)C(Cc1ccccc1CN1CCCCC1)c1nc2ccccc2[nH]1. The summed E-state index contributed by atoms with van der Waals surface area (Å²) in [5, 5.41) is 0. The molecule has 0 bridgehead atoms. The van der Waals surface area contributed by atoms with E-state index < -0.39 is 23.6 Å². The zero-order chi connectivity index (χ0) is 27.4. The highest BCUT2D eigenvalue weighted by atomic mass is 19.2. The number of hydrogen-bond acceptors (Lipinski definition) is 3. The van der Waals surface area contributed by atoms with Gasteiger partial charge in [-0.15, -0.1) is 0 Å². The van der Waals surface area contributed by atoms with Crippen LogP contribution in [0, 0.1) is 17.6 Å². The molecule has 2 heterocycles. The van der Waals surface area contributed by atoms with Crippen molar-refractivity contribution in [1.29, 1.82) is 0 Å². The number of nitrogens with zero attached hydrogens (tertiary/aromatic N) is 3. The largest absolute Gasteiger partial charge is 0.340 e. The molecule has 0 radical (unpaired) electrons. The summed E-state index contributed by atoms with van der Waals surface area (Å²) < 4.78 is 29.1. The van der Waals surface area contributed by atoms with Crippen LogP contribution in [0.1, 0.15) is 66.5 Å². The van der Waals surface area contributed by atoms with Crippen molar-refractivity contribution in [3.05, 3.63) is 101 Å². The Labute approximate surface area is 228 Å². The summed E-state index contributed by atoms with van der Waals surface area (Å²) in [5.41, 5.74) is 3.74. The topological polar surface area (TPSA) is 52.2 Å². The first kappa shape index (κ1) is 27.0. The third kappa shape index (κ3) is 6.19. The van der Waals surface area contributed by atoms with Crippen LogP contribution in [0.25, 0.3) is 11.0 Å². The van der Waals surface area contributed by atoms with E-state index in [0.29, 0.717) is 18.8 Å². The van der Waals surface area contributed by atoms with E-state index in [1.807, 2.05) is 44.2 Å². The minimum atomic E-state index is -1.12. The molecule has 1 unspecified atom stereocenters. The average molecular weight is 531 g/mol. The molecule has 1 aliphatic heterocycles. The number of piperidine rings is 1. The molecule has 1 N–H and O–H groups in total. The number of nitrogens with one attached hydrogen (secondary N) is 1. The first-order valence-electron chi connectivity index (χ1n) is 13.9. The average Bonchev–Trinajstić information content (AvgIpc) is 3.37. The molecule has 1 saturated heterocycles. The summed E-state index contributed by atoms with van der Waals surface area (Å²) in [5.74, 6) is -1.96. The fourth-order valence-electron chi connectivity index (χ4n) is 5.53. The fraction of sp³-hybridized carbons (Fsp3) is 0.375. The Morgan fingerprint density at radius 1 is 0.949 bits per heavy atom. The van der Waals surface area contributed by atoms with Crippen molar-refractivity contribution in [2.24, 2.45) is 5.92 Å². The molecule has 0 aliphatic carbocycles. The molecular weight excluding hydrogens is 494 g/mol. The number of carbonyl (C=O) groups is 1. The lowest BCUT2D eigenvalue weighted by molar-refractivity contribution is 0.0633. The van der Waals surface area contributed by atoms with Gasteiger partial charge in [0.1, 0.15) is 5.82 Å². The first-order chi connectivity index (χ1) is 18.9. The number of benzene rings is 3. The fourth-order valence-corrected chi connectivity index (χ4v) is 5.53. The molecule has 0 spiro atoms. The predicted octanol–water partition coefficient (Wildman–Crippen LogP) is 6.91. The second kappa shape index (κ2) is 12.1. The molecule has 5 rings (SSSR count). The van der Waals surface area contributed by atoms with Crippen molar-refractivity contribution in [2.75, 3.05) is 19.6 Å². The van der Waals surface area contributed by atoms with Gasteiger partial charge in [-0.3, -0.25) is 9.69 Å². The highest BCUT2D eigenvalue weighted by Crippen LogP contribution is 2.30. The van der Waals surface area contributed by atoms with E-state index in [9.17, 15) is 13.6 Å². The van der Waals surface area contributed by atoms with Gasteiger partial charge in [0.25, 0.3) is 5.91 Å². The number of likely N-dealkylation sites (tertiary alicyclic amines) is 1. The number of aromatic nitrogens is 2. The number of H-pyrrole nitrogens is 1. The number of fused-ring (bicyclic) bond motifs is 1. The van der Waals surface area contributed by atoms with Crippen molar-refractivity contribution in [3.63, 3.8) is 0 Å². The second-order valence-corrected chi connectivity index (χ2v) is 10.9. The summed E-state index contributed by atoms with van der Waals surface area (Å²) in [6.07, 6.45) is 4.19. The van der Waals surface area contributed by atoms with Crippen molar-refractivity contribution in [3.8, 4) is 0 Å². The first-order valence-corrected chi connectivity index (χ1v) is 13.9. The number of amides is 1. The standard InChI is InChI=1S/C32H36F2N4O/c1-22(2)20-38(32(39)25-13-10-14-26(33)30(25)34)29(31-35-27-15-6-7-16-28(27)36-31)19-23-11-4-5-12-24(23)21-37-17-8-3-9-18-37/h4-7,10-16,22,29H,3,8-9,17-21H2,1-2H3,(H,35,36). The van der Waals surface area contributed by atoms with E-state index in [1.165, 1.54) is 37.0 Å². The minimum Gasteiger partial charge on any atom is -0.340 e. The van der Waals surface area contributed by atoms with Crippen LogP contribution in [-0.4, -0.2) is 45.3 Å². The van der Waals surface area contributed by atoms with Crippen LogP contribution in [0.3, 0.4) is 0 Å². The summed E-state index contributed by atoms with van der Waals surface area (Å²) in [6, 6.07) is 19.3. The molecule has 1 fully saturated rings. The quantitative estimate of drug-likeness (QED) is 0.256. The number of carbonyl (C=O) groups excluding carboxylic acids is 1. The van der Waals surface area contributed by atoms with E-state index >= 15 is 0 Å². The van der Waals surface area contributed by atoms with Crippen molar-refractivity contribution in [1.82, 2.24) is 19.8 Å². The molecular formula is C32H36F2N4O. The third-order valence-corrected chi connectivity index (χ3v) is 7.48. The number of imidazole rings is 1. The molecule has 1 aromatic heterocycles. The molecule has 5 nitrogen and oxygen atoms in total. The molecule has 4 aromatic rings. The Morgan fingerprint density at radius 2 is 1.67 bits per heavy atom. The number of halogens is 2. The molecule has 1 aliphatic rings. The van der Waals surface area contributed by atoms with Gasteiger partial charge in [-0.1, -0.05) is 62.7 Å². The molecule has 7 heteroatoms. The van der Waals surface area contributed by atoms with E-state index in [1.54, 1.807) is 4.90 Å². The minimum absolute atomic E-state index is 0.0982. The van der Waals surface area contributed by atoms with Crippen LogP contribution in [0.15, 0.2) is 66.7 Å². The van der Waals surface area contributed by atoms with E-state index in [0.717, 1.165) is 42.3 Å². The van der Waals surface area contributed by atoms with Gasteiger partial charge >= 0.3 is 0 Å². The van der Waals surface area contributed by atoms with Crippen molar-refractivity contribution < 1.29 is 13.6 Å². The third-order valence-electron chi connectivity index (χ3n) is 7.48. The normalized spacial score (nSPS) is 15.1. The van der Waals surface area contributed by atoms with Crippen LogP contribution < -0.4 is 0 Å². The lowest BCUT2D eigenvalue weighted by atomic mass is 9.96. The highest BCUT2D eigenvalue weighted by molar-refractivity contribution is 5.95. The number of aromatic amines is 1. The molecule has 0 saturated carbocycles. The Morgan fingerprint density at radius 3 is 2.41 bits per heavy atom. The molecule has 1 amide bonds. The highest BCUT2D eigenvalue weighted by Gasteiger charge is 2.32. The van der Waals surface area contributed by atoms with Gasteiger partial charge in [0.2, 0.25) is 0 Å². The molecule has 204 valence electrons. The lowest BCUT2D eigenvalue weighted by Gasteiger charge is -2.33. The second-order valence-electron chi connectivity index (χ2n) is 10.9. The van der Waals surface area contributed by atoms with Gasteiger partial charge in [-0.2, -0.15) is 0 Å². The zero-order valence-electron chi connectivity index (χ0n) is 22.7. The number of para-hydroxylation sites is 2. The molecule has 3 aromatic carbocycles. The van der Waals surface area contributed by atoms with Crippen molar-refractivity contribution in [2.45, 2.75) is 52.1 Å². The lowest BCUT2D eigenvalue weighted by Crippen LogP contribution is -2.40. The Balaban J connectivity index is 1.57. The Hall–Kier alpha value is -3.58. The maximum atomic E-state index is 14.9. The molecule has 1 atom stereocenters.